The minimum atomic E-state index is -3.64. The summed E-state index contributed by atoms with van der Waals surface area (Å²) < 4.78 is 26.6. The van der Waals surface area contributed by atoms with Gasteiger partial charge in [-0.3, -0.25) is 0 Å². The number of nitrogens with zero attached hydrogens (tertiary/aromatic N) is 1. The lowest BCUT2D eigenvalue weighted by molar-refractivity contribution is -0.255. The first-order chi connectivity index (χ1) is 9.30. The van der Waals surface area contributed by atoms with Gasteiger partial charge in [0.05, 0.1) is 10.9 Å². The highest BCUT2D eigenvalue weighted by molar-refractivity contribution is 7.89. The number of carboxylic acids is 1. The molecular weight excluding hydrogens is 278 g/mol. The Morgan fingerprint density at radius 3 is 2.40 bits per heavy atom. The number of sulfonamides is 1. The minimum absolute atomic E-state index is 0.0144. The SMILES string of the molecule is C[C@@H]1C[C@H](C)CN(S(=O)(=O)c2cccc(C(=O)[O-])c2)C1. The molecule has 0 N–H and O–H groups in total. The number of carbonyl (C=O) groups is 1. The molecule has 0 amide bonds. The Labute approximate surface area is 119 Å². The summed E-state index contributed by atoms with van der Waals surface area (Å²) >= 11 is 0. The van der Waals surface area contributed by atoms with Crippen molar-refractivity contribution in [3.8, 4) is 0 Å². The largest absolute Gasteiger partial charge is 0.545 e. The van der Waals surface area contributed by atoms with Crippen LogP contribution in [0.2, 0.25) is 0 Å². The average Bonchev–Trinajstić information content (AvgIpc) is 2.37. The van der Waals surface area contributed by atoms with E-state index >= 15 is 0 Å². The number of hydrogen-bond donors (Lipinski definition) is 0. The van der Waals surface area contributed by atoms with Crippen molar-refractivity contribution in [1.29, 1.82) is 0 Å². The number of hydrogen-bond acceptors (Lipinski definition) is 4. The Balaban J connectivity index is 2.34. The van der Waals surface area contributed by atoms with Crippen LogP contribution in [0.5, 0.6) is 0 Å². The van der Waals surface area contributed by atoms with Crippen molar-refractivity contribution >= 4 is 16.0 Å². The molecule has 0 unspecified atom stereocenters. The fraction of sp³-hybridized carbons (Fsp3) is 0.500. The molecule has 110 valence electrons. The van der Waals surface area contributed by atoms with Gasteiger partial charge in [-0.25, -0.2) is 8.42 Å². The lowest BCUT2D eigenvalue weighted by Crippen LogP contribution is -2.42. The average molecular weight is 296 g/mol. The molecule has 1 heterocycles. The van der Waals surface area contributed by atoms with Gasteiger partial charge in [0.15, 0.2) is 0 Å². The summed E-state index contributed by atoms with van der Waals surface area (Å²) in [6, 6.07) is 5.34. The van der Waals surface area contributed by atoms with E-state index in [1.54, 1.807) is 0 Å². The summed E-state index contributed by atoms with van der Waals surface area (Å²) in [6.07, 6.45) is 1.01. The first-order valence-corrected chi connectivity index (χ1v) is 8.06. The molecule has 1 aliphatic rings. The highest BCUT2D eigenvalue weighted by Crippen LogP contribution is 2.26. The van der Waals surface area contributed by atoms with Crippen LogP contribution in [0.1, 0.15) is 30.6 Å². The summed E-state index contributed by atoms with van der Waals surface area (Å²) in [5, 5.41) is 10.8. The van der Waals surface area contributed by atoms with Crippen LogP contribution in [-0.2, 0) is 10.0 Å². The molecule has 6 heteroatoms. The zero-order valence-electron chi connectivity index (χ0n) is 11.6. The van der Waals surface area contributed by atoms with E-state index in [0.29, 0.717) is 24.9 Å². The summed E-state index contributed by atoms with van der Waals surface area (Å²) in [6.45, 7) is 5.00. The van der Waals surface area contributed by atoms with Gasteiger partial charge >= 0.3 is 0 Å². The Morgan fingerprint density at radius 1 is 1.25 bits per heavy atom. The van der Waals surface area contributed by atoms with E-state index in [0.717, 1.165) is 12.5 Å². The second kappa shape index (κ2) is 5.54. The van der Waals surface area contributed by atoms with Crippen molar-refractivity contribution in [2.75, 3.05) is 13.1 Å². The van der Waals surface area contributed by atoms with Crippen LogP contribution in [-0.4, -0.2) is 31.8 Å². The molecule has 20 heavy (non-hydrogen) atoms. The second-order valence-corrected chi connectivity index (χ2v) is 7.52. The topological polar surface area (TPSA) is 77.5 Å². The van der Waals surface area contributed by atoms with Gasteiger partial charge in [0.25, 0.3) is 0 Å². The van der Waals surface area contributed by atoms with Crippen molar-refractivity contribution in [2.24, 2.45) is 11.8 Å². The van der Waals surface area contributed by atoms with Gasteiger partial charge in [0.1, 0.15) is 0 Å². The van der Waals surface area contributed by atoms with Gasteiger partial charge in [-0.1, -0.05) is 26.0 Å². The summed E-state index contributed by atoms with van der Waals surface area (Å²) in [4.78, 5) is 10.9. The quantitative estimate of drug-likeness (QED) is 0.823. The van der Waals surface area contributed by atoms with Crippen LogP contribution in [0.3, 0.4) is 0 Å². The van der Waals surface area contributed by atoms with Crippen LogP contribution in [0.4, 0.5) is 0 Å². The Hall–Kier alpha value is -1.40. The molecule has 2 rings (SSSR count). The monoisotopic (exact) mass is 296 g/mol. The van der Waals surface area contributed by atoms with Gasteiger partial charge in [-0.15, -0.1) is 0 Å². The molecule has 1 aromatic rings. The summed E-state index contributed by atoms with van der Waals surface area (Å²) in [5.74, 6) is -0.766. The molecule has 0 saturated carbocycles. The fourth-order valence-corrected chi connectivity index (χ4v) is 4.46. The molecule has 0 spiro atoms. The molecule has 1 aliphatic heterocycles. The highest BCUT2D eigenvalue weighted by atomic mass is 32.2. The van der Waals surface area contributed by atoms with Crippen LogP contribution < -0.4 is 5.11 Å². The maximum Gasteiger partial charge on any atom is 0.243 e. The zero-order chi connectivity index (χ0) is 14.9. The lowest BCUT2D eigenvalue weighted by atomic mass is 9.94. The number of rotatable bonds is 3. The van der Waals surface area contributed by atoms with E-state index in [2.05, 4.69) is 0 Å². The maximum atomic E-state index is 12.6. The minimum Gasteiger partial charge on any atom is -0.545 e. The second-order valence-electron chi connectivity index (χ2n) is 5.58. The van der Waals surface area contributed by atoms with Crippen molar-refractivity contribution in [1.82, 2.24) is 4.31 Å². The molecule has 0 aliphatic carbocycles. The van der Waals surface area contributed by atoms with Gasteiger partial charge < -0.3 is 9.90 Å². The van der Waals surface area contributed by atoms with E-state index in [1.807, 2.05) is 13.8 Å². The lowest BCUT2D eigenvalue weighted by Gasteiger charge is -2.34. The molecule has 1 fully saturated rings. The van der Waals surface area contributed by atoms with Crippen LogP contribution in [0.25, 0.3) is 0 Å². The maximum absolute atomic E-state index is 12.6. The predicted molar refractivity (Wildman–Crippen MR) is 72.5 cm³/mol. The van der Waals surface area contributed by atoms with Crippen molar-refractivity contribution in [3.63, 3.8) is 0 Å². The van der Waals surface area contributed by atoms with Crippen LogP contribution in [0.15, 0.2) is 29.2 Å². The van der Waals surface area contributed by atoms with E-state index in [-0.39, 0.29) is 10.5 Å². The normalized spacial score (nSPS) is 24.5. The van der Waals surface area contributed by atoms with E-state index in [9.17, 15) is 18.3 Å². The number of carbonyl (C=O) groups excluding carboxylic acids is 1. The summed E-state index contributed by atoms with van der Waals surface area (Å²) in [5.41, 5.74) is -0.121. The predicted octanol–water partition coefficient (Wildman–Crippen LogP) is 0.717. The van der Waals surface area contributed by atoms with Crippen molar-refractivity contribution < 1.29 is 18.3 Å². The number of aromatic carboxylic acids is 1. The number of piperidine rings is 1. The molecular formula is C14H18NO4S-. The zero-order valence-corrected chi connectivity index (χ0v) is 12.4. The first-order valence-electron chi connectivity index (χ1n) is 6.62. The third-order valence-electron chi connectivity index (χ3n) is 3.54. The third kappa shape index (κ3) is 3.02. The standard InChI is InChI=1S/C14H19NO4S/c1-10-6-11(2)9-15(8-10)20(18,19)13-5-3-4-12(7-13)14(16)17/h3-5,7,10-11H,6,8-9H2,1-2H3,(H,16,17)/p-1/t10-,11+. The number of carboxylic acid groups (broad SMARTS) is 1. The number of benzene rings is 1. The molecule has 2 atom stereocenters. The third-order valence-corrected chi connectivity index (χ3v) is 5.37. The molecule has 1 saturated heterocycles. The smallest absolute Gasteiger partial charge is 0.243 e. The highest BCUT2D eigenvalue weighted by Gasteiger charge is 2.31. The Morgan fingerprint density at radius 2 is 1.85 bits per heavy atom. The summed E-state index contributed by atoms with van der Waals surface area (Å²) in [7, 11) is -3.64. The molecule has 0 bridgehead atoms. The van der Waals surface area contributed by atoms with Gasteiger partial charge in [0.2, 0.25) is 10.0 Å². The van der Waals surface area contributed by atoms with E-state index in [4.69, 9.17) is 0 Å². The van der Waals surface area contributed by atoms with Crippen LogP contribution in [0, 0.1) is 11.8 Å². The molecule has 0 aromatic heterocycles. The molecule has 0 radical (unpaired) electrons. The molecule has 5 nitrogen and oxygen atoms in total. The van der Waals surface area contributed by atoms with Gasteiger partial charge in [-0.2, -0.15) is 4.31 Å². The van der Waals surface area contributed by atoms with Crippen LogP contribution >= 0.6 is 0 Å². The fourth-order valence-electron chi connectivity index (χ4n) is 2.73. The van der Waals surface area contributed by atoms with E-state index < -0.39 is 16.0 Å². The van der Waals surface area contributed by atoms with Gasteiger partial charge in [0, 0.05) is 13.1 Å². The van der Waals surface area contributed by atoms with Crippen molar-refractivity contribution in [3.05, 3.63) is 29.8 Å². The Kier molecular flexibility index (Phi) is 4.15. The van der Waals surface area contributed by atoms with E-state index in [1.165, 1.54) is 22.5 Å². The Bertz CT molecular complexity index is 601. The first kappa shape index (κ1) is 15.0. The molecule has 1 aromatic carbocycles. The van der Waals surface area contributed by atoms with Gasteiger partial charge in [-0.05, 0) is 36.0 Å². The van der Waals surface area contributed by atoms with Crippen molar-refractivity contribution in [2.45, 2.75) is 25.2 Å².